The Hall–Kier alpha value is -2.00. The zero-order valence-corrected chi connectivity index (χ0v) is 12.3. The number of halogens is 1. The molecule has 0 fully saturated rings. The lowest BCUT2D eigenvalue weighted by Gasteiger charge is -2.12. The van der Waals surface area contributed by atoms with Gasteiger partial charge in [0.2, 0.25) is 0 Å². The van der Waals surface area contributed by atoms with Crippen LogP contribution in [0.2, 0.25) is 5.02 Å². The SMILES string of the molecule is Cc1cc(Cl)c(NCc2ccn(C)c2)c2cccnc12. The van der Waals surface area contributed by atoms with Crippen LogP contribution in [0.1, 0.15) is 11.1 Å². The van der Waals surface area contributed by atoms with Crippen LogP contribution in [0.15, 0.2) is 42.9 Å². The molecule has 0 amide bonds. The van der Waals surface area contributed by atoms with Crippen molar-refractivity contribution in [3.05, 3.63) is 59.0 Å². The fraction of sp³-hybridized carbons (Fsp3) is 0.188. The zero-order valence-electron chi connectivity index (χ0n) is 11.5. The molecule has 0 aliphatic heterocycles. The molecule has 0 atom stereocenters. The molecule has 102 valence electrons. The van der Waals surface area contributed by atoms with E-state index in [9.17, 15) is 0 Å². The fourth-order valence-corrected chi connectivity index (χ4v) is 2.75. The van der Waals surface area contributed by atoms with E-state index in [2.05, 4.69) is 28.6 Å². The van der Waals surface area contributed by atoms with Crippen LogP contribution in [0.3, 0.4) is 0 Å². The summed E-state index contributed by atoms with van der Waals surface area (Å²) in [6.07, 6.45) is 5.94. The summed E-state index contributed by atoms with van der Waals surface area (Å²) in [5, 5.41) is 5.23. The lowest BCUT2D eigenvalue weighted by Crippen LogP contribution is -2.01. The Kier molecular flexibility index (Phi) is 3.36. The third-order valence-electron chi connectivity index (χ3n) is 3.40. The zero-order chi connectivity index (χ0) is 14.1. The largest absolute Gasteiger partial charge is 0.379 e. The Morgan fingerprint density at radius 2 is 2.20 bits per heavy atom. The predicted molar refractivity (Wildman–Crippen MR) is 84.2 cm³/mol. The van der Waals surface area contributed by atoms with E-state index in [0.717, 1.165) is 33.7 Å². The molecule has 0 spiro atoms. The number of rotatable bonds is 3. The summed E-state index contributed by atoms with van der Waals surface area (Å²) >= 11 is 6.38. The number of benzene rings is 1. The van der Waals surface area contributed by atoms with E-state index in [1.54, 1.807) is 0 Å². The standard InChI is InChI=1S/C16H16ClN3/c1-11-8-14(17)16(13-4-3-6-18-15(11)13)19-9-12-5-7-20(2)10-12/h3-8,10,19H,9H2,1-2H3. The van der Waals surface area contributed by atoms with Gasteiger partial charge in [-0.05, 0) is 42.3 Å². The number of nitrogens with zero attached hydrogens (tertiary/aromatic N) is 2. The highest BCUT2D eigenvalue weighted by Crippen LogP contribution is 2.32. The number of anilines is 1. The molecule has 0 unspecified atom stereocenters. The lowest BCUT2D eigenvalue weighted by atomic mass is 10.1. The van der Waals surface area contributed by atoms with Crippen molar-refractivity contribution in [3.63, 3.8) is 0 Å². The van der Waals surface area contributed by atoms with Crippen molar-refractivity contribution < 1.29 is 0 Å². The minimum Gasteiger partial charge on any atom is -0.379 e. The van der Waals surface area contributed by atoms with E-state index in [4.69, 9.17) is 11.6 Å². The second kappa shape index (κ2) is 5.17. The molecule has 0 radical (unpaired) electrons. The van der Waals surface area contributed by atoms with Gasteiger partial charge in [0.25, 0.3) is 0 Å². The van der Waals surface area contributed by atoms with Gasteiger partial charge in [0.1, 0.15) is 0 Å². The van der Waals surface area contributed by atoms with Gasteiger partial charge in [-0.2, -0.15) is 0 Å². The van der Waals surface area contributed by atoms with Crippen LogP contribution in [0.25, 0.3) is 10.9 Å². The van der Waals surface area contributed by atoms with Crippen molar-refractivity contribution in [2.24, 2.45) is 7.05 Å². The summed E-state index contributed by atoms with van der Waals surface area (Å²) in [6.45, 7) is 2.77. The molecule has 0 aliphatic carbocycles. The minimum absolute atomic E-state index is 0.735. The first-order valence-corrected chi connectivity index (χ1v) is 6.91. The number of hydrogen-bond acceptors (Lipinski definition) is 2. The summed E-state index contributed by atoms with van der Waals surface area (Å²) in [4.78, 5) is 4.44. The maximum atomic E-state index is 6.38. The van der Waals surface area contributed by atoms with E-state index < -0.39 is 0 Å². The monoisotopic (exact) mass is 285 g/mol. The van der Waals surface area contributed by atoms with Crippen molar-refractivity contribution in [2.45, 2.75) is 13.5 Å². The first-order chi connectivity index (χ1) is 9.65. The quantitative estimate of drug-likeness (QED) is 0.783. The Morgan fingerprint density at radius 1 is 1.35 bits per heavy atom. The van der Waals surface area contributed by atoms with Gasteiger partial charge in [0.15, 0.2) is 0 Å². The Morgan fingerprint density at radius 3 is 2.95 bits per heavy atom. The van der Waals surface area contributed by atoms with E-state index in [-0.39, 0.29) is 0 Å². The van der Waals surface area contributed by atoms with Crippen molar-refractivity contribution in [2.75, 3.05) is 5.32 Å². The fourth-order valence-electron chi connectivity index (χ4n) is 2.42. The van der Waals surface area contributed by atoms with Gasteiger partial charge in [-0.3, -0.25) is 4.98 Å². The number of pyridine rings is 1. The van der Waals surface area contributed by atoms with Crippen LogP contribution in [0.4, 0.5) is 5.69 Å². The molecule has 0 bridgehead atoms. The Balaban J connectivity index is 1.98. The second-order valence-electron chi connectivity index (χ2n) is 4.99. The molecule has 2 heterocycles. The first-order valence-electron chi connectivity index (χ1n) is 6.53. The average molecular weight is 286 g/mol. The molecule has 4 heteroatoms. The van der Waals surface area contributed by atoms with E-state index in [1.165, 1.54) is 5.56 Å². The minimum atomic E-state index is 0.735. The normalized spacial score (nSPS) is 10.9. The molecular formula is C16H16ClN3. The highest BCUT2D eigenvalue weighted by Gasteiger charge is 2.09. The Bertz CT molecular complexity index is 762. The molecule has 2 aromatic heterocycles. The summed E-state index contributed by atoms with van der Waals surface area (Å²) in [5.41, 5.74) is 4.26. The summed E-state index contributed by atoms with van der Waals surface area (Å²) < 4.78 is 2.04. The molecule has 3 aromatic rings. The van der Waals surface area contributed by atoms with Gasteiger partial charge in [-0.25, -0.2) is 0 Å². The number of nitrogens with one attached hydrogen (secondary N) is 1. The van der Waals surface area contributed by atoms with E-state index in [0.29, 0.717) is 0 Å². The number of aryl methyl sites for hydroxylation is 2. The number of fused-ring (bicyclic) bond motifs is 1. The second-order valence-corrected chi connectivity index (χ2v) is 5.40. The van der Waals surface area contributed by atoms with Crippen LogP contribution in [0, 0.1) is 6.92 Å². The van der Waals surface area contributed by atoms with Crippen molar-refractivity contribution in [1.82, 2.24) is 9.55 Å². The topological polar surface area (TPSA) is 29.9 Å². The Labute approximate surface area is 123 Å². The molecule has 1 N–H and O–H groups in total. The number of hydrogen-bond donors (Lipinski definition) is 1. The van der Waals surface area contributed by atoms with Crippen molar-refractivity contribution in [1.29, 1.82) is 0 Å². The lowest BCUT2D eigenvalue weighted by molar-refractivity contribution is 0.920. The highest BCUT2D eigenvalue weighted by molar-refractivity contribution is 6.35. The van der Waals surface area contributed by atoms with Crippen LogP contribution < -0.4 is 5.32 Å². The summed E-state index contributed by atoms with van der Waals surface area (Å²) in [5.74, 6) is 0. The predicted octanol–water partition coefficient (Wildman–Crippen LogP) is 4.15. The highest BCUT2D eigenvalue weighted by atomic mass is 35.5. The van der Waals surface area contributed by atoms with Gasteiger partial charge < -0.3 is 9.88 Å². The van der Waals surface area contributed by atoms with Gasteiger partial charge in [0, 0.05) is 37.6 Å². The molecule has 20 heavy (non-hydrogen) atoms. The first kappa shape index (κ1) is 13.0. The molecule has 3 rings (SSSR count). The molecule has 0 aliphatic rings. The maximum Gasteiger partial charge on any atom is 0.0752 e. The molecule has 1 aromatic carbocycles. The van der Waals surface area contributed by atoms with Crippen LogP contribution in [-0.4, -0.2) is 9.55 Å². The van der Waals surface area contributed by atoms with Crippen LogP contribution >= 0.6 is 11.6 Å². The third kappa shape index (κ3) is 2.37. The third-order valence-corrected chi connectivity index (χ3v) is 3.69. The maximum absolute atomic E-state index is 6.38. The molecule has 0 saturated heterocycles. The van der Waals surface area contributed by atoms with E-state index >= 15 is 0 Å². The summed E-state index contributed by atoms with van der Waals surface area (Å²) in [6, 6.07) is 8.04. The van der Waals surface area contributed by atoms with Gasteiger partial charge in [-0.15, -0.1) is 0 Å². The van der Waals surface area contributed by atoms with Crippen LogP contribution in [-0.2, 0) is 13.6 Å². The summed E-state index contributed by atoms with van der Waals surface area (Å²) in [7, 11) is 2.02. The molecular weight excluding hydrogens is 270 g/mol. The van der Waals surface area contributed by atoms with Gasteiger partial charge >= 0.3 is 0 Å². The smallest absolute Gasteiger partial charge is 0.0752 e. The van der Waals surface area contributed by atoms with Gasteiger partial charge in [0.05, 0.1) is 16.2 Å². The van der Waals surface area contributed by atoms with E-state index in [1.807, 2.05) is 43.1 Å². The average Bonchev–Trinajstić information content (AvgIpc) is 2.84. The van der Waals surface area contributed by atoms with Crippen molar-refractivity contribution in [3.8, 4) is 0 Å². The number of aromatic nitrogens is 2. The van der Waals surface area contributed by atoms with Crippen LogP contribution in [0.5, 0.6) is 0 Å². The molecule has 0 saturated carbocycles. The van der Waals surface area contributed by atoms with Crippen molar-refractivity contribution >= 4 is 28.2 Å². The van der Waals surface area contributed by atoms with Gasteiger partial charge in [-0.1, -0.05) is 11.6 Å². The molecule has 3 nitrogen and oxygen atoms in total.